The normalized spacial score (nSPS) is 13.5. The fourth-order valence-electron chi connectivity index (χ4n) is 3.04. The van der Waals surface area contributed by atoms with Crippen LogP contribution in [-0.2, 0) is 25.2 Å². The molecule has 0 unspecified atom stereocenters. The van der Waals surface area contributed by atoms with Gasteiger partial charge in [0.15, 0.2) is 23.2 Å². The van der Waals surface area contributed by atoms with Crippen molar-refractivity contribution < 1.29 is 50.1 Å². The smallest absolute Gasteiger partial charge is 0.416 e. The molecule has 0 saturated carbocycles. The molecule has 0 saturated heterocycles. The first-order valence-corrected chi connectivity index (χ1v) is 9.56. The zero-order valence-electron chi connectivity index (χ0n) is 18.0. The molecule has 184 valence electrons. The van der Waals surface area contributed by atoms with Gasteiger partial charge in [0, 0.05) is 12.3 Å². The maximum Gasteiger partial charge on any atom is 0.416 e. The molecule has 6 nitrogen and oxygen atoms in total. The van der Waals surface area contributed by atoms with Crippen molar-refractivity contribution in [1.29, 1.82) is 0 Å². The zero-order valence-corrected chi connectivity index (χ0v) is 18.0. The maximum atomic E-state index is 15.0. The summed E-state index contributed by atoms with van der Waals surface area (Å²) in [6, 6.07) is 2.87. The molecule has 1 aliphatic rings. The van der Waals surface area contributed by atoms with Crippen LogP contribution in [0.3, 0.4) is 0 Å². The summed E-state index contributed by atoms with van der Waals surface area (Å²) in [5.41, 5.74) is -2.51. The van der Waals surface area contributed by atoms with Crippen molar-refractivity contribution in [1.82, 2.24) is 0 Å². The van der Waals surface area contributed by atoms with Gasteiger partial charge in [-0.1, -0.05) is 6.08 Å². The average Bonchev–Trinajstić information content (AvgIpc) is 3.02. The van der Waals surface area contributed by atoms with Gasteiger partial charge in [-0.3, -0.25) is 0 Å². The molecule has 0 atom stereocenters. The molecule has 35 heavy (non-hydrogen) atoms. The molecular weight excluding hydrogens is 484 g/mol. The van der Waals surface area contributed by atoms with E-state index < -0.39 is 58.3 Å². The number of carbonyl (C=O) groups is 2. The molecule has 12 heteroatoms. The van der Waals surface area contributed by atoms with E-state index in [1.54, 1.807) is 0 Å². The minimum atomic E-state index is -4.99. The number of halogens is 6. The second kappa shape index (κ2) is 9.95. The number of nitrogens with zero attached hydrogens (tertiary/aromatic N) is 1. The van der Waals surface area contributed by atoms with E-state index in [0.717, 1.165) is 31.3 Å². The van der Waals surface area contributed by atoms with Crippen LogP contribution in [0.2, 0.25) is 0 Å². The monoisotopic (exact) mass is 499 g/mol. The summed E-state index contributed by atoms with van der Waals surface area (Å²) in [6.45, 7) is 0. The van der Waals surface area contributed by atoms with Gasteiger partial charge in [0.25, 0.3) is 0 Å². The van der Waals surface area contributed by atoms with Gasteiger partial charge in [-0.2, -0.15) is 13.2 Å². The third-order valence-corrected chi connectivity index (χ3v) is 4.61. The number of hydrogen-bond donors (Lipinski definition) is 0. The van der Waals surface area contributed by atoms with E-state index in [1.807, 2.05) is 0 Å². The van der Waals surface area contributed by atoms with Crippen molar-refractivity contribution in [2.75, 3.05) is 19.1 Å². The zero-order chi connectivity index (χ0) is 25.9. The third kappa shape index (κ3) is 5.31. The van der Waals surface area contributed by atoms with E-state index in [0.29, 0.717) is 6.07 Å². The first kappa shape index (κ1) is 25.4. The van der Waals surface area contributed by atoms with Gasteiger partial charge >= 0.3 is 18.1 Å². The van der Waals surface area contributed by atoms with Gasteiger partial charge in [0.1, 0.15) is 11.4 Å². The predicted molar refractivity (Wildman–Crippen MR) is 110 cm³/mol. The number of anilines is 1. The summed E-state index contributed by atoms with van der Waals surface area (Å²) in [5, 5.41) is 0. The lowest BCUT2D eigenvalue weighted by Crippen LogP contribution is -2.27. The summed E-state index contributed by atoms with van der Waals surface area (Å²) in [7, 11) is 2.12. The molecule has 0 bridgehead atoms. The Labute approximate surface area is 194 Å². The highest BCUT2D eigenvalue weighted by Crippen LogP contribution is 2.37. The highest BCUT2D eigenvalue weighted by Gasteiger charge is 2.33. The molecule has 2 aromatic carbocycles. The molecule has 0 fully saturated rings. The highest BCUT2D eigenvalue weighted by molar-refractivity contribution is 6.05. The van der Waals surface area contributed by atoms with Gasteiger partial charge in [0.2, 0.25) is 0 Å². The lowest BCUT2D eigenvalue weighted by molar-refractivity contribution is -0.139. The van der Waals surface area contributed by atoms with Crippen LogP contribution in [0.15, 0.2) is 66.0 Å². The molecule has 1 aliphatic heterocycles. The number of esters is 2. The van der Waals surface area contributed by atoms with Gasteiger partial charge < -0.3 is 19.1 Å². The molecule has 0 aliphatic carbocycles. The minimum absolute atomic E-state index is 0.0416. The number of methoxy groups -OCH3 is 2. The summed E-state index contributed by atoms with van der Waals surface area (Å²) < 4.78 is 95.7. The molecular formula is C23H15F6NO5. The van der Waals surface area contributed by atoms with Gasteiger partial charge in [-0.25, -0.2) is 22.8 Å². The maximum absolute atomic E-state index is 15.0. The Balaban J connectivity index is 2.02. The van der Waals surface area contributed by atoms with E-state index in [9.17, 15) is 31.5 Å². The summed E-state index contributed by atoms with van der Waals surface area (Å²) in [4.78, 5) is 25.6. The van der Waals surface area contributed by atoms with Crippen LogP contribution in [0.1, 0.15) is 5.56 Å². The second-order valence-corrected chi connectivity index (χ2v) is 6.80. The Morgan fingerprint density at radius 1 is 0.857 bits per heavy atom. The number of rotatable bonds is 5. The number of ether oxygens (including phenoxy) is 3. The average molecular weight is 499 g/mol. The highest BCUT2D eigenvalue weighted by atomic mass is 19.4. The van der Waals surface area contributed by atoms with Crippen LogP contribution in [0.25, 0.3) is 0 Å². The third-order valence-electron chi connectivity index (χ3n) is 4.61. The van der Waals surface area contributed by atoms with Crippen LogP contribution in [0, 0.1) is 17.5 Å². The van der Waals surface area contributed by atoms with Crippen molar-refractivity contribution in [3.05, 3.63) is 89.0 Å². The van der Waals surface area contributed by atoms with Crippen molar-refractivity contribution in [3.8, 4) is 11.5 Å². The summed E-state index contributed by atoms with van der Waals surface area (Å²) in [6.07, 6.45) is 0.279. The largest absolute Gasteiger partial charge is 0.465 e. The summed E-state index contributed by atoms with van der Waals surface area (Å²) >= 11 is 0. The standard InChI is InChI=1S/C23H15F6NO5/c1-33-21(31)14-5-3-4-8-30(19(14)22(32)34-2)18-7-6-13(11-15(18)24)35-20-16(25)9-12(10-17(20)26)23(27,28)29/h3-11H,1-2H3. The van der Waals surface area contributed by atoms with Crippen molar-refractivity contribution in [3.63, 3.8) is 0 Å². The first-order valence-electron chi connectivity index (χ1n) is 9.56. The van der Waals surface area contributed by atoms with E-state index >= 15 is 4.39 Å². The SMILES string of the molecule is COC(=O)C1=C(C(=O)OC)N(c2ccc(Oc3c(F)cc(C(F)(F)F)cc3F)cc2F)C=CC=C1. The number of carbonyl (C=O) groups excluding carboxylic acids is 2. The molecule has 0 radical (unpaired) electrons. The second-order valence-electron chi connectivity index (χ2n) is 6.80. The van der Waals surface area contributed by atoms with Gasteiger partial charge in [0.05, 0.1) is 31.0 Å². The lowest BCUT2D eigenvalue weighted by Gasteiger charge is -2.23. The molecule has 0 amide bonds. The first-order chi connectivity index (χ1) is 16.5. The Morgan fingerprint density at radius 3 is 2.03 bits per heavy atom. The molecule has 3 rings (SSSR count). The van der Waals surface area contributed by atoms with Crippen molar-refractivity contribution in [2.24, 2.45) is 0 Å². The van der Waals surface area contributed by atoms with E-state index in [1.165, 1.54) is 24.4 Å². The lowest BCUT2D eigenvalue weighted by atomic mass is 10.1. The molecule has 2 aromatic rings. The fourth-order valence-corrected chi connectivity index (χ4v) is 3.04. The van der Waals surface area contributed by atoms with Gasteiger partial charge in [-0.15, -0.1) is 0 Å². The fraction of sp³-hybridized carbons (Fsp3) is 0.130. The molecule has 0 aromatic heterocycles. The number of allylic oxidation sites excluding steroid dienone is 2. The topological polar surface area (TPSA) is 65.1 Å². The van der Waals surface area contributed by atoms with Crippen LogP contribution >= 0.6 is 0 Å². The van der Waals surface area contributed by atoms with Crippen LogP contribution in [-0.4, -0.2) is 26.2 Å². The van der Waals surface area contributed by atoms with Crippen LogP contribution in [0.5, 0.6) is 11.5 Å². The molecule has 0 N–H and O–H groups in total. The number of hydrogen-bond acceptors (Lipinski definition) is 6. The van der Waals surface area contributed by atoms with E-state index in [2.05, 4.69) is 4.74 Å². The van der Waals surface area contributed by atoms with Gasteiger partial charge in [-0.05, 0) is 36.4 Å². The van der Waals surface area contributed by atoms with Crippen molar-refractivity contribution in [2.45, 2.75) is 6.18 Å². The Morgan fingerprint density at radius 2 is 1.49 bits per heavy atom. The van der Waals surface area contributed by atoms with Crippen LogP contribution in [0.4, 0.5) is 32.0 Å². The minimum Gasteiger partial charge on any atom is -0.465 e. The van der Waals surface area contributed by atoms with E-state index in [-0.39, 0.29) is 23.4 Å². The Hall–Kier alpha value is -4.22. The number of alkyl halides is 3. The quantitative estimate of drug-likeness (QED) is 0.405. The molecule has 0 spiro atoms. The van der Waals surface area contributed by atoms with Crippen LogP contribution < -0.4 is 9.64 Å². The molecule has 1 heterocycles. The summed E-state index contributed by atoms with van der Waals surface area (Å²) in [5.74, 6) is -7.93. The van der Waals surface area contributed by atoms with Crippen molar-refractivity contribution >= 4 is 17.6 Å². The Bertz CT molecular complexity index is 1240. The van der Waals surface area contributed by atoms with E-state index in [4.69, 9.17) is 9.47 Å². The number of benzene rings is 2. The predicted octanol–water partition coefficient (Wildman–Crippen LogP) is 5.41. The Kier molecular flexibility index (Phi) is 7.22.